The van der Waals surface area contributed by atoms with E-state index in [0.29, 0.717) is 18.4 Å². The number of methoxy groups -OCH3 is 1. The zero-order valence-electron chi connectivity index (χ0n) is 10.9. The van der Waals surface area contributed by atoms with Crippen LogP contribution in [0.1, 0.15) is 5.56 Å². The number of rotatable bonds is 3. The Kier molecular flexibility index (Phi) is 7.29. The van der Waals surface area contributed by atoms with Gasteiger partial charge in [0.2, 0.25) is 5.88 Å². The zero-order chi connectivity index (χ0) is 12.8. The summed E-state index contributed by atoms with van der Waals surface area (Å²) >= 11 is 1.96. The van der Waals surface area contributed by atoms with Gasteiger partial charge in [0, 0.05) is 36.9 Å². The molecule has 7 heteroatoms. The van der Waals surface area contributed by atoms with E-state index in [9.17, 15) is 0 Å². The molecule has 0 aromatic carbocycles. The van der Waals surface area contributed by atoms with Crippen molar-refractivity contribution in [3.63, 3.8) is 0 Å². The fraction of sp³-hybridized carbons (Fsp3) is 0.500. The van der Waals surface area contributed by atoms with Crippen molar-refractivity contribution >= 4 is 41.7 Å². The number of halogens is 1. The van der Waals surface area contributed by atoms with Gasteiger partial charge in [-0.25, -0.2) is 9.98 Å². The van der Waals surface area contributed by atoms with E-state index in [-0.39, 0.29) is 24.0 Å². The summed E-state index contributed by atoms with van der Waals surface area (Å²) < 4.78 is 5.01. The normalized spacial score (nSPS) is 15.8. The molecule has 1 aliphatic heterocycles. The maximum atomic E-state index is 5.97. The van der Waals surface area contributed by atoms with E-state index in [1.807, 2.05) is 23.9 Å². The highest BCUT2D eigenvalue weighted by molar-refractivity contribution is 14.0. The van der Waals surface area contributed by atoms with Gasteiger partial charge in [-0.15, -0.1) is 24.0 Å². The van der Waals surface area contributed by atoms with Gasteiger partial charge < -0.3 is 15.4 Å². The summed E-state index contributed by atoms with van der Waals surface area (Å²) in [4.78, 5) is 10.7. The molecule has 0 radical (unpaired) electrons. The molecule has 0 spiro atoms. The highest BCUT2D eigenvalue weighted by Gasteiger charge is 2.11. The average molecular weight is 394 g/mol. The molecule has 1 saturated heterocycles. The molecule has 2 rings (SSSR count). The topological polar surface area (TPSA) is 63.7 Å². The number of hydrogen-bond acceptors (Lipinski definition) is 4. The molecule has 1 fully saturated rings. The number of nitrogens with two attached hydrogens (primary N) is 1. The number of aromatic nitrogens is 1. The number of nitrogens with zero attached hydrogens (tertiary/aromatic N) is 3. The molecule has 19 heavy (non-hydrogen) atoms. The second kappa shape index (κ2) is 8.47. The van der Waals surface area contributed by atoms with Crippen molar-refractivity contribution in [3.05, 3.63) is 23.9 Å². The molecule has 0 bridgehead atoms. The van der Waals surface area contributed by atoms with Crippen LogP contribution in [-0.2, 0) is 6.54 Å². The summed E-state index contributed by atoms with van der Waals surface area (Å²) in [6, 6.07) is 3.78. The lowest BCUT2D eigenvalue weighted by atomic mass is 10.3. The van der Waals surface area contributed by atoms with E-state index in [4.69, 9.17) is 10.5 Å². The third-order valence-electron chi connectivity index (χ3n) is 2.77. The van der Waals surface area contributed by atoms with Crippen molar-refractivity contribution in [1.29, 1.82) is 0 Å². The summed E-state index contributed by atoms with van der Waals surface area (Å²) in [5, 5.41) is 0. The minimum atomic E-state index is 0. The van der Waals surface area contributed by atoms with E-state index in [0.717, 1.165) is 30.2 Å². The van der Waals surface area contributed by atoms with Crippen LogP contribution in [0.4, 0.5) is 0 Å². The zero-order valence-corrected chi connectivity index (χ0v) is 14.1. The second-order valence-electron chi connectivity index (χ2n) is 3.98. The molecule has 2 N–H and O–H groups in total. The van der Waals surface area contributed by atoms with Gasteiger partial charge in [0.1, 0.15) is 0 Å². The minimum absolute atomic E-state index is 0. The Labute approximate surface area is 135 Å². The van der Waals surface area contributed by atoms with E-state index >= 15 is 0 Å². The molecule has 0 amide bonds. The highest BCUT2D eigenvalue weighted by atomic mass is 127. The molecule has 0 aliphatic carbocycles. The van der Waals surface area contributed by atoms with Crippen molar-refractivity contribution in [2.45, 2.75) is 6.54 Å². The predicted octanol–water partition coefficient (Wildman–Crippen LogP) is 1.57. The van der Waals surface area contributed by atoms with Gasteiger partial charge in [0.15, 0.2) is 5.96 Å². The van der Waals surface area contributed by atoms with Crippen molar-refractivity contribution in [2.75, 3.05) is 31.7 Å². The first-order chi connectivity index (χ1) is 8.79. The van der Waals surface area contributed by atoms with Gasteiger partial charge in [-0.05, 0) is 5.56 Å². The standard InChI is InChI=1S/C12H18N4OS.HI/c1-17-11-3-2-10(8-14-11)9-15-12(13)16-4-6-18-7-5-16;/h2-3,8H,4-7,9H2,1H3,(H2,13,15);1H. The summed E-state index contributed by atoms with van der Waals surface area (Å²) in [6.45, 7) is 2.54. The summed E-state index contributed by atoms with van der Waals surface area (Å²) in [5.74, 6) is 3.50. The number of pyridine rings is 1. The first-order valence-electron chi connectivity index (χ1n) is 5.91. The van der Waals surface area contributed by atoms with Crippen molar-refractivity contribution < 1.29 is 4.74 Å². The minimum Gasteiger partial charge on any atom is -0.481 e. The number of hydrogen-bond donors (Lipinski definition) is 1. The van der Waals surface area contributed by atoms with Crippen LogP contribution in [0.3, 0.4) is 0 Å². The lowest BCUT2D eigenvalue weighted by molar-refractivity contribution is 0.397. The van der Waals surface area contributed by atoms with Gasteiger partial charge in [-0.1, -0.05) is 6.07 Å². The molecular formula is C12H19IN4OS. The predicted molar refractivity (Wildman–Crippen MR) is 90.4 cm³/mol. The van der Waals surface area contributed by atoms with Crippen LogP contribution >= 0.6 is 35.7 Å². The molecule has 0 atom stereocenters. The molecule has 2 heterocycles. The first kappa shape index (κ1) is 16.4. The van der Waals surface area contributed by atoms with Crippen molar-refractivity contribution in [3.8, 4) is 5.88 Å². The number of ether oxygens (including phenoxy) is 1. The third-order valence-corrected chi connectivity index (χ3v) is 3.71. The van der Waals surface area contributed by atoms with Gasteiger partial charge in [0.25, 0.3) is 0 Å². The van der Waals surface area contributed by atoms with Crippen molar-refractivity contribution in [1.82, 2.24) is 9.88 Å². The largest absolute Gasteiger partial charge is 0.481 e. The lowest BCUT2D eigenvalue weighted by Crippen LogP contribution is -2.42. The Hall–Kier alpha value is -0.700. The van der Waals surface area contributed by atoms with Crippen LogP contribution in [0.2, 0.25) is 0 Å². The Morgan fingerprint density at radius 3 is 2.79 bits per heavy atom. The lowest BCUT2D eigenvalue weighted by Gasteiger charge is -2.27. The van der Waals surface area contributed by atoms with Gasteiger partial charge in [0.05, 0.1) is 13.7 Å². The number of thioether (sulfide) groups is 1. The summed E-state index contributed by atoms with van der Waals surface area (Å²) in [6.07, 6.45) is 1.77. The molecule has 1 aromatic heterocycles. The average Bonchev–Trinajstić information content (AvgIpc) is 2.46. The fourth-order valence-electron chi connectivity index (χ4n) is 1.69. The first-order valence-corrected chi connectivity index (χ1v) is 7.06. The van der Waals surface area contributed by atoms with Gasteiger partial charge in [-0.2, -0.15) is 11.8 Å². The fourth-order valence-corrected chi connectivity index (χ4v) is 2.59. The van der Waals surface area contributed by atoms with Crippen LogP contribution in [0, 0.1) is 0 Å². The van der Waals surface area contributed by atoms with E-state index in [2.05, 4.69) is 14.9 Å². The van der Waals surface area contributed by atoms with Crippen molar-refractivity contribution in [2.24, 2.45) is 10.7 Å². The molecule has 1 aliphatic rings. The highest BCUT2D eigenvalue weighted by Crippen LogP contribution is 2.10. The molecule has 5 nitrogen and oxygen atoms in total. The summed E-state index contributed by atoms with van der Waals surface area (Å²) in [5.41, 5.74) is 7.01. The van der Waals surface area contributed by atoms with Crippen LogP contribution < -0.4 is 10.5 Å². The molecular weight excluding hydrogens is 375 g/mol. The van der Waals surface area contributed by atoms with E-state index in [1.54, 1.807) is 13.3 Å². The van der Waals surface area contributed by atoms with E-state index in [1.165, 1.54) is 0 Å². The SMILES string of the molecule is COc1ccc(CN=C(N)N2CCSCC2)cn1.I. The monoisotopic (exact) mass is 394 g/mol. The number of aliphatic imine (C=N–C) groups is 1. The maximum Gasteiger partial charge on any atom is 0.212 e. The quantitative estimate of drug-likeness (QED) is 0.479. The smallest absolute Gasteiger partial charge is 0.212 e. The third kappa shape index (κ3) is 5.06. The van der Waals surface area contributed by atoms with Gasteiger partial charge in [-0.3, -0.25) is 0 Å². The Morgan fingerprint density at radius 2 is 2.21 bits per heavy atom. The van der Waals surface area contributed by atoms with Crippen LogP contribution in [0.25, 0.3) is 0 Å². The molecule has 0 saturated carbocycles. The van der Waals surface area contributed by atoms with Gasteiger partial charge >= 0.3 is 0 Å². The van der Waals surface area contributed by atoms with Crippen LogP contribution in [0.5, 0.6) is 5.88 Å². The second-order valence-corrected chi connectivity index (χ2v) is 5.21. The molecule has 0 unspecified atom stereocenters. The Morgan fingerprint density at radius 1 is 1.47 bits per heavy atom. The maximum absolute atomic E-state index is 5.97. The van der Waals surface area contributed by atoms with E-state index < -0.39 is 0 Å². The van der Waals surface area contributed by atoms with Crippen LogP contribution in [-0.4, -0.2) is 47.5 Å². The molecule has 1 aromatic rings. The van der Waals surface area contributed by atoms with Crippen LogP contribution in [0.15, 0.2) is 23.3 Å². The Balaban J connectivity index is 0.00000180. The number of guanidine groups is 1. The molecule has 106 valence electrons. The summed E-state index contributed by atoms with van der Waals surface area (Å²) in [7, 11) is 1.60. The Bertz CT molecular complexity index is 407.